The molecular weight excluding hydrogens is 434 g/mol. The Morgan fingerprint density at radius 2 is 1.34 bits per heavy atom. The summed E-state index contributed by atoms with van der Waals surface area (Å²) in [6, 6.07) is 21.9. The predicted octanol–water partition coefficient (Wildman–Crippen LogP) is 4.88. The summed E-state index contributed by atoms with van der Waals surface area (Å²) in [5.41, 5.74) is 8.31. The van der Waals surface area contributed by atoms with Crippen molar-refractivity contribution >= 4 is 23.0 Å². The van der Waals surface area contributed by atoms with E-state index in [1.807, 2.05) is 6.07 Å². The van der Waals surface area contributed by atoms with Gasteiger partial charge in [-0.1, -0.05) is 24.3 Å². The number of fused-ring (bicyclic) bond motifs is 1. The van der Waals surface area contributed by atoms with Gasteiger partial charge in [-0.3, -0.25) is 0 Å². The average molecular weight is 466 g/mol. The molecule has 0 bridgehead atoms. The number of rotatable bonds is 5. The van der Waals surface area contributed by atoms with Crippen LogP contribution in [0.2, 0.25) is 0 Å². The molecule has 4 aliphatic rings. The molecule has 2 unspecified atom stereocenters. The lowest BCUT2D eigenvalue weighted by Gasteiger charge is -2.30. The van der Waals surface area contributed by atoms with Crippen LogP contribution < -0.4 is 14.7 Å². The summed E-state index contributed by atoms with van der Waals surface area (Å²) < 4.78 is 6.39. The molecule has 5 heteroatoms. The van der Waals surface area contributed by atoms with Gasteiger partial charge in [0.2, 0.25) is 0 Å². The number of nitrogens with zero attached hydrogens (tertiary/aromatic N) is 3. The van der Waals surface area contributed by atoms with Gasteiger partial charge >= 0.3 is 5.97 Å². The summed E-state index contributed by atoms with van der Waals surface area (Å²) in [5, 5.41) is 0. The molecule has 2 aliphatic heterocycles. The molecule has 2 fully saturated rings. The molecule has 0 amide bonds. The molecule has 0 N–H and O–H groups in total. The molecule has 7 rings (SSSR count). The van der Waals surface area contributed by atoms with Gasteiger partial charge < -0.3 is 19.4 Å². The molecule has 2 aliphatic carbocycles. The van der Waals surface area contributed by atoms with Crippen molar-refractivity contribution in [3.63, 3.8) is 0 Å². The zero-order chi connectivity index (χ0) is 24.1. The summed E-state index contributed by atoms with van der Waals surface area (Å²) in [7, 11) is 8.25. The summed E-state index contributed by atoms with van der Waals surface area (Å²) in [5.74, 6) is -0.0316. The van der Waals surface area contributed by atoms with Gasteiger partial charge in [-0.2, -0.15) is 0 Å². The fourth-order valence-corrected chi connectivity index (χ4v) is 7.20. The van der Waals surface area contributed by atoms with Crippen LogP contribution in [0.3, 0.4) is 0 Å². The quantitative estimate of drug-likeness (QED) is 0.502. The second-order valence-corrected chi connectivity index (χ2v) is 10.9. The highest BCUT2D eigenvalue weighted by Gasteiger charge is 2.91. The maximum atomic E-state index is 13.2. The Bertz CT molecular complexity index is 1300. The molecule has 2 atom stereocenters. The van der Waals surface area contributed by atoms with E-state index >= 15 is 0 Å². The van der Waals surface area contributed by atoms with E-state index in [1.54, 1.807) is 0 Å². The Morgan fingerprint density at radius 1 is 0.800 bits per heavy atom. The Labute approximate surface area is 206 Å². The van der Waals surface area contributed by atoms with Crippen LogP contribution in [0.25, 0.3) is 0 Å². The monoisotopic (exact) mass is 465 g/mol. The van der Waals surface area contributed by atoms with Crippen LogP contribution >= 0.6 is 0 Å². The Balaban J connectivity index is 1.45. The Morgan fingerprint density at radius 3 is 1.86 bits per heavy atom. The van der Waals surface area contributed by atoms with E-state index in [1.165, 1.54) is 35.2 Å². The zero-order valence-corrected chi connectivity index (χ0v) is 20.8. The lowest BCUT2D eigenvalue weighted by molar-refractivity contribution is 0.0213. The minimum Gasteiger partial charge on any atom is -0.448 e. The van der Waals surface area contributed by atoms with Crippen LogP contribution in [0.1, 0.15) is 51.4 Å². The van der Waals surface area contributed by atoms with Crippen LogP contribution in [0.4, 0.5) is 17.1 Å². The Kier molecular flexibility index (Phi) is 4.06. The van der Waals surface area contributed by atoms with Crippen LogP contribution in [0, 0.1) is 0 Å². The number of hydrogen-bond acceptors (Lipinski definition) is 5. The van der Waals surface area contributed by atoms with Crippen LogP contribution in [0.5, 0.6) is 0 Å². The highest BCUT2D eigenvalue weighted by Crippen LogP contribution is 2.88. The maximum Gasteiger partial charge on any atom is 0.339 e. The van der Waals surface area contributed by atoms with Crippen molar-refractivity contribution < 1.29 is 9.53 Å². The van der Waals surface area contributed by atoms with Crippen LogP contribution in [-0.4, -0.2) is 47.2 Å². The summed E-state index contributed by atoms with van der Waals surface area (Å²) in [4.78, 5) is 19.9. The van der Waals surface area contributed by atoms with Gasteiger partial charge in [0.1, 0.15) is 0 Å². The average Bonchev–Trinajstić information content (AvgIpc) is 3.21. The van der Waals surface area contributed by atoms with Crippen molar-refractivity contribution in [1.29, 1.82) is 0 Å². The smallest absolute Gasteiger partial charge is 0.339 e. The number of ether oxygens (including phenoxy) is 1. The van der Waals surface area contributed by atoms with Crippen molar-refractivity contribution in [3.8, 4) is 0 Å². The first-order valence-corrected chi connectivity index (χ1v) is 12.6. The second kappa shape index (κ2) is 6.81. The number of anilines is 3. The minimum atomic E-state index is -0.594. The minimum absolute atomic E-state index is 0.141. The van der Waals surface area contributed by atoms with Gasteiger partial charge in [0.05, 0.1) is 16.9 Å². The molecule has 2 heterocycles. The van der Waals surface area contributed by atoms with Crippen molar-refractivity contribution in [2.45, 2.75) is 29.8 Å². The molecule has 3 aromatic rings. The first-order chi connectivity index (χ1) is 16.9. The normalized spacial score (nSPS) is 24.4. The highest BCUT2D eigenvalue weighted by atomic mass is 16.6. The molecule has 1 spiro atoms. The molecular formula is C30H31N3O2. The molecule has 0 aromatic heterocycles. The van der Waals surface area contributed by atoms with E-state index in [4.69, 9.17) is 4.74 Å². The number of esters is 1. The summed E-state index contributed by atoms with van der Waals surface area (Å²) in [6.45, 7) is 2.17. The topological polar surface area (TPSA) is 36.0 Å². The third-order valence-corrected chi connectivity index (χ3v) is 8.82. The third-order valence-electron chi connectivity index (χ3n) is 8.82. The van der Waals surface area contributed by atoms with Crippen molar-refractivity contribution in [3.05, 3.63) is 88.5 Å². The SMILES string of the molecule is CN(C)c1ccc(C2(c3ccc(N(C)C)cc3)C3c4c(N5CCCC5)ccc5c4C32OC5=O)cc1. The fraction of sp³-hybridized carbons (Fsp3) is 0.367. The van der Waals surface area contributed by atoms with Gasteiger partial charge in [0, 0.05) is 63.9 Å². The fourth-order valence-electron chi connectivity index (χ4n) is 7.20. The molecule has 1 saturated carbocycles. The van der Waals surface area contributed by atoms with Gasteiger partial charge in [0.25, 0.3) is 0 Å². The van der Waals surface area contributed by atoms with E-state index in [-0.39, 0.29) is 11.9 Å². The van der Waals surface area contributed by atoms with Crippen LogP contribution in [0.15, 0.2) is 60.7 Å². The first kappa shape index (κ1) is 20.9. The van der Waals surface area contributed by atoms with Crippen molar-refractivity contribution in [2.24, 2.45) is 0 Å². The van der Waals surface area contributed by atoms with E-state index < -0.39 is 11.0 Å². The van der Waals surface area contributed by atoms with Gasteiger partial charge in [0.15, 0.2) is 5.60 Å². The van der Waals surface area contributed by atoms with E-state index in [2.05, 4.69) is 97.5 Å². The molecule has 1 saturated heterocycles. The highest BCUT2D eigenvalue weighted by molar-refractivity contribution is 6.03. The van der Waals surface area contributed by atoms with Gasteiger partial charge in [-0.05, 0) is 65.9 Å². The molecule has 178 valence electrons. The van der Waals surface area contributed by atoms with Gasteiger partial charge in [-0.25, -0.2) is 4.79 Å². The number of carbonyl (C=O) groups excluding carboxylic acids is 1. The molecule has 3 aromatic carbocycles. The summed E-state index contributed by atoms with van der Waals surface area (Å²) in [6.07, 6.45) is 2.45. The third kappa shape index (κ3) is 2.36. The number of carbonyl (C=O) groups is 1. The molecule has 5 nitrogen and oxygen atoms in total. The van der Waals surface area contributed by atoms with E-state index in [0.29, 0.717) is 0 Å². The number of benzene rings is 3. The zero-order valence-electron chi connectivity index (χ0n) is 20.8. The maximum absolute atomic E-state index is 13.2. The van der Waals surface area contributed by atoms with E-state index in [9.17, 15) is 4.79 Å². The standard InChI is InChI=1S/C30H31N3O2/c1-31(2)21-11-7-19(8-12-21)29(20-9-13-22(14-10-20)32(3)4)27-25-24(33-17-5-6-18-33)16-15-23-26(25)30(27,29)35-28(23)34/h7-16,27H,5-6,17-18H2,1-4H3. The van der Waals surface area contributed by atoms with Crippen LogP contribution in [-0.2, 0) is 15.8 Å². The lowest BCUT2D eigenvalue weighted by atomic mass is 9.81. The van der Waals surface area contributed by atoms with Crippen molar-refractivity contribution in [2.75, 3.05) is 56.0 Å². The summed E-state index contributed by atoms with van der Waals surface area (Å²) >= 11 is 0. The van der Waals surface area contributed by atoms with E-state index in [0.717, 1.165) is 35.6 Å². The predicted molar refractivity (Wildman–Crippen MR) is 140 cm³/mol. The Hall–Kier alpha value is -3.47. The van der Waals surface area contributed by atoms with Gasteiger partial charge in [-0.15, -0.1) is 0 Å². The largest absolute Gasteiger partial charge is 0.448 e. The second-order valence-electron chi connectivity index (χ2n) is 10.9. The first-order valence-electron chi connectivity index (χ1n) is 12.6. The lowest BCUT2D eigenvalue weighted by Crippen LogP contribution is -2.28. The van der Waals surface area contributed by atoms with Crippen molar-refractivity contribution in [1.82, 2.24) is 0 Å². The molecule has 35 heavy (non-hydrogen) atoms. The number of hydrogen-bond donors (Lipinski definition) is 0. The molecule has 0 radical (unpaired) electrons.